The molecule has 1 heterocycles. The molecular formula is C13H15N5O2. The number of nitrogens with one attached hydrogen (secondary N) is 1. The summed E-state index contributed by atoms with van der Waals surface area (Å²) < 4.78 is 0. The number of nitrogens with two attached hydrogens (primary N) is 1. The van der Waals surface area contributed by atoms with E-state index in [1.54, 1.807) is 0 Å². The van der Waals surface area contributed by atoms with Crippen LogP contribution in [-0.4, -0.2) is 21.4 Å². The van der Waals surface area contributed by atoms with Gasteiger partial charge in [0.25, 0.3) is 0 Å². The Bertz CT molecular complexity index is 589. The molecule has 1 aromatic carbocycles. The van der Waals surface area contributed by atoms with Crippen molar-refractivity contribution >= 4 is 17.3 Å². The Balaban J connectivity index is 1.92. The van der Waals surface area contributed by atoms with Crippen molar-refractivity contribution in [3.05, 3.63) is 52.3 Å². The predicted molar refractivity (Wildman–Crippen MR) is 76.4 cm³/mol. The van der Waals surface area contributed by atoms with Gasteiger partial charge in [-0.15, -0.1) is 0 Å². The SMILES string of the molecule is Nc1ncnc(NCCCc2ccccc2)c1[N+](=O)[O-]. The largest absolute Gasteiger partial charge is 0.378 e. The van der Waals surface area contributed by atoms with Gasteiger partial charge >= 0.3 is 5.69 Å². The third-order valence-corrected chi connectivity index (χ3v) is 2.81. The second-order valence-corrected chi connectivity index (χ2v) is 4.23. The first kappa shape index (κ1) is 13.7. The minimum Gasteiger partial charge on any atom is -0.378 e. The number of hydrogen-bond donors (Lipinski definition) is 2. The van der Waals surface area contributed by atoms with Crippen LogP contribution in [0.1, 0.15) is 12.0 Å². The van der Waals surface area contributed by atoms with Crippen molar-refractivity contribution in [2.24, 2.45) is 0 Å². The van der Waals surface area contributed by atoms with Gasteiger partial charge in [-0.1, -0.05) is 30.3 Å². The number of aryl methyl sites for hydroxylation is 1. The van der Waals surface area contributed by atoms with Gasteiger partial charge in [-0.3, -0.25) is 10.1 Å². The van der Waals surface area contributed by atoms with Crippen molar-refractivity contribution in [2.75, 3.05) is 17.6 Å². The van der Waals surface area contributed by atoms with Crippen LogP contribution >= 0.6 is 0 Å². The summed E-state index contributed by atoms with van der Waals surface area (Å²) in [5, 5.41) is 13.8. The quantitative estimate of drug-likeness (QED) is 0.473. The molecule has 0 fully saturated rings. The summed E-state index contributed by atoms with van der Waals surface area (Å²) >= 11 is 0. The lowest BCUT2D eigenvalue weighted by molar-refractivity contribution is -0.383. The van der Waals surface area contributed by atoms with E-state index in [-0.39, 0.29) is 17.3 Å². The minimum absolute atomic E-state index is 0.129. The average molecular weight is 273 g/mol. The predicted octanol–water partition coefficient (Wildman–Crippen LogP) is 2.01. The van der Waals surface area contributed by atoms with Gasteiger partial charge in [0.05, 0.1) is 4.92 Å². The summed E-state index contributed by atoms with van der Waals surface area (Å²) in [6, 6.07) is 10.0. The molecule has 0 radical (unpaired) electrons. The molecule has 0 bridgehead atoms. The fourth-order valence-corrected chi connectivity index (χ4v) is 1.85. The summed E-state index contributed by atoms with van der Waals surface area (Å²) in [7, 11) is 0. The molecular weight excluding hydrogens is 258 g/mol. The van der Waals surface area contributed by atoms with Crippen molar-refractivity contribution in [1.82, 2.24) is 9.97 Å². The Labute approximate surface area is 116 Å². The van der Waals surface area contributed by atoms with E-state index < -0.39 is 4.92 Å². The zero-order valence-electron chi connectivity index (χ0n) is 10.8. The monoisotopic (exact) mass is 273 g/mol. The Hall–Kier alpha value is -2.70. The minimum atomic E-state index is -0.575. The fourth-order valence-electron chi connectivity index (χ4n) is 1.85. The van der Waals surface area contributed by atoms with E-state index >= 15 is 0 Å². The van der Waals surface area contributed by atoms with Crippen molar-refractivity contribution in [3.8, 4) is 0 Å². The summed E-state index contributed by atoms with van der Waals surface area (Å²) in [6.45, 7) is 0.576. The third kappa shape index (κ3) is 3.41. The Morgan fingerprint density at radius 2 is 2.00 bits per heavy atom. The second kappa shape index (κ2) is 6.46. The van der Waals surface area contributed by atoms with Gasteiger partial charge in [0.15, 0.2) is 0 Å². The molecule has 0 unspecified atom stereocenters. The second-order valence-electron chi connectivity index (χ2n) is 4.23. The van der Waals surface area contributed by atoms with Crippen molar-refractivity contribution in [1.29, 1.82) is 0 Å². The van der Waals surface area contributed by atoms with Crippen LogP contribution in [0.4, 0.5) is 17.3 Å². The van der Waals surface area contributed by atoms with Gasteiger partial charge in [-0.05, 0) is 18.4 Å². The molecule has 0 saturated heterocycles. The molecule has 0 aliphatic carbocycles. The number of nitrogens with zero attached hydrogens (tertiary/aromatic N) is 3. The van der Waals surface area contributed by atoms with E-state index in [1.165, 1.54) is 11.9 Å². The van der Waals surface area contributed by atoms with E-state index in [2.05, 4.69) is 15.3 Å². The first-order chi connectivity index (χ1) is 9.68. The summed E-state index contributed by atoms with van der Waals surface area (Å²) in [5.41, 5.74) is 6.44. The topological polar surface area (TPSA) is 107 Å². The first-order valence-corrected chi connectivity index (χ1v) is 6.21. The summed E-state index contributed by atoms with van der Waals surface area (Å²) in [4.78, 5) is 17.8. The Morgan fingerprint density at radius 1 is 1.25 bits per heavy atom. The van der Waals surface area contributed by atoms with Crippen LogP contribution in [-0.2, 0) is 6.42 Å². The van der Waals surface area contributed by atoms with Crippen molar-refractivity contribution < 1.29 is 4.92 Å². The first-order valence-electron chi connectivity index (χ1n) is 6.21. The number of nitrogen functional groups attached to an aromatic ring is 1. The Kier molecular flexibility index (Phi) is 4.43. The van der Waals surface area contributed by atoms with E-state index in [9.17, 15) is 10.1 Å². The van der Waals surface area contributed by atoms with E-state index in [0.29, 0.717) is 6.54 Å². The normalized spacial score (nSPS) is 10.2. The lowest BCUT2D eigenvalue weighted by Crippen LogP contribution is -2.09. The number of benzene rings is 1. The molecule has 20 heavy (non-hydrogen) atoms. The highest BCUT2D eigenvalue weighted by molar-refractivity contribution is 5.67. The average Bonchev–Trinajstić information content (AvgIpc) is 2.44. The smallest absolute Gasteiger partial charge is 0.352 e. The van der Waals surface area contributed by atoms with Gasteiger partial charge in [0.1, 0.15) is 6.33 Å². The standard InChI is InChI=1S/C13H15N5O2/c14-12-11(18(19)20)13(17-9-16-12)15-8-4-7-10-5-2-1-3-6-10/h1-3,5-6,9H,4,7-8H2,(H3,14,15,16,17). The maximum atomic E-state index is 10.9. The van der Waals surface area contributed by atoms with Gasteiger partial charge in [0.2, 0.25) is 11.6 Å². The maximum Gasteiger partial charge on any atom is 0.352 e. The molecule has 2 rings (SSSR count). The number of aromatic nitrogens is 2. The number of hydrogen-bond acceptors (Lipinski definition) is 6. The third-order valence-electron chi connectivity index (χ3n) is 2.81. The molecule has 0 aliphatic heterocycles. The molecule has 2 aromatic rings. The Morgan fingerprint density at radius 3 is 2.70 bits per heavy atom. The molecule has 1 aromatic heterocycles. The number of anilines is 2. The van der Waals surface area contributed by atoms with Gasteiger partial charge < -0.3 is 11.1 Å². The molecule has 3 N–H and O–H groups in total. The lowest BCUT2D eigenvalue weighted by atomic mass is 10.1. The van der Waals surface area contributed by atoms with E-state index in [4.69, 9.17) is 5.73 Å². The van der Waals surface area contributed by atoms with Crippen LogP contribution in [0.25, 0.3) is 0 Å². The molecule has 104 valence electrons. The van der Waals surface area contributed by atoms with Gasteiger partial charge in [-0.25, -0.2) is 9.97 Å². The van der Waals surface area contributed by atoms with Crippen LogP contribution in [0.15, 0.2) is 36.7 Å². The van der Waals surface area contributed by atoms with E-state index in [0.717, 1.165) is 12.8 Å². The van der Waals surface area contributed by atoms with Crippen LogP contribution in [0.2, 0.25) is 0 Å². The van der Waals surface area contributed by atoms with Crippen LogP contribution in [0.5, 0.6) is 0 Å². The highest BCUT2D eigenvalue weighted by Crippen LogP contribution is 2.26. The molecule has 0 atom stereocenters. The van der Waals surface area contributed by atoms with Crippen LogP contribution < -0.4 is 11.1 Å². The zero-order valence-corrected chi connectivity index (χ0v) is 10.8. The molecule has 0 spiro atoms. The van der Waals surface area contributed by atoms with Gasteiger partial charge in [0, 0.05) is 6.54 Å². The van der Waals surface area contributed by atoms with E-state index in [1.807, 2.05) is 30.3 Å². The number of nitro groups is 1. The lowest BCUT2D eigenvalue weighted by Gasteiger charge is -2.06. The van der Waals surface area contributed by atoms with Crippen molar-refractivity contribution in [2.45, 2.75) is 12.8 Å². The molecule has 0 amide bonds. The zero-order chi connectivity index (χ0) is 14.4. The number of rotatable bonds is 6. The van der Waals surface area contributed by atoms with Crippen LogP contribution in [0.3, 0.4) is 0 Å². The molecule has 0 aliphatic rings. The highest BCUT2D eigenvalue weighted by Gasteiger charge is 2.20. The van der Waals surface area contributed by atoms with Gasteiger partial charge in [-0.2, -0.15) is 0 Å². The molecule has 0 saturated carbocycles. The highest BCUT2D eigenvalue weighted by atomic mass is 16.6. The van der Waals surface area contributed by atoms with Crippen LogP contribution in [0, 0.1) is 10.1 Å². The van der Waals surface area contributed by atoms with Crippen molar-refractivity contribution in [3.63, 3.8) is 0 Å². The summed E-state index contributed by atoms with van der Waals surface area (Å²) in [5.74, 6) is 0.0334. The maximum absolute atomic E-state index is 10.9. The summed E-state index contributed by atoms with van der Waals surface area (Å²) in [6.07, 6.45) is 2.94. The molecule has 7 heteroatoms. The molecule has 7 nitrogen and oxygen atoms in total. The fraction of sp³-hybridized carbons (Fsp3) is 0.231.